The molecule has 0 spiro atoms. The Morgan fingerprint density at radius 3 is 2.21 bits per heavy atom. The summed E-state index contributed by atoms with van der Waals surface area (Å²) in [6.45, 7) is 1.58. The Balaban J connectivity index is 2.34. The van der Waals surface area contributed by atoms with Crippen LogP contribution in [0, 0.1) is 18.6 Å². The number of hydrogen-bond donors (Lipinski definition) is 1. The van der Waals surface area contributed by atoms with Gasteiger partial charge in [-0.25, -0.2) is 22.3 Å². The minimum atomic E-state index is -5.05. The van der Waals surface area contributed by atoms with Gasteiger partial charge in [-0.3, -0.25) is 4.98 Å². The fraction of sp³-hybridized carbons (Fsp3) is 0.125. The van der Waals surface area contributed by atoms with Crippen LogP contribution in [0.4, 0.5) is 22.0 Å². The van der Waals surface area contributed by atoms with Gasteiger partial charge in [-0.1, -0.05) is 11.2 Å². The summed E-state index contributed by atoms with van der Waals surface area (Å²) in [5, 5.41) is 8.09. The van der Waals surface area contributed by atoms with Crippen LogP contribution >= 0.6 is 0 Å². The van der Waals surface area contributed by atoms with Gasteiger partial charge in [-0.05, 0) is 36.8 Å². The summed E-state index contributed by atoms with van der Waals surface area (Å²) in [4.78, 5) is 2.57. The van der Waals surface area contributed by atoms with Gasteiger partial charge < -0.3 is 4.52 Å². The first kappa shape index (κ1) is 19.9. The van der Waals surface area contributed by atoms with Gasteiger partial charge in [0, 0.05) is 5.69 Å². The number of hydrogen-bond acceptors (Lipinski definition) is 5. The molecule has 0 saturated carbocycles. The molecule has 0 radical (unpaired) electrons. The van der Waals surface area contributed by atoms with Crippen molar-refractivity contribution in [1.82, 2.24) is 10.1 Å². The van der Waals surface area contributed by atoms with Crippen molar-refractivity contribution in [2.24, 2.45) is 5.14 Å². The number of nitrogens with zero attached hydrogens (tertiary/aromatic N) is 2. The van der Waals surface area contributed by atoms with Crippen molar-refractivity contribution in [1.29, 1.82) is 0 Å². The zero-order valence-corrected chi connectivity index (χ0v) is 14.7. The van der Waals surface area contributed by atoms with E-state index in [2.05, 4.69) is 14.7 Å². The number of alkyl halides is 3. The number of benzene rings is 1. The molecule has 0 saturated heterocycles. The van der Waals surface area contributed by atoms with Crippen LogP contribution in [0.25, 0.3) is 22.5 Å². The molecule has 28 heavy (non-hydrogen) atoms. The van der Waals surface area contributed by atoms with Crippen molar-refractivity contribution in [3.63, 3.8) is 0 Å². The Labute approximate surface area is 154 Å². The third-order valence-electron chi connectivity index (χ3n) is 3.65. The smallest absolute Gasteiger partial charge is 0.350 e. The highest BCUT2D eigenvalue weighted by molar-refractivity contribution is 7.89. The molecular formula is C16H10F5N3O3S. The van der Waals surface area contributed by atoms with Gasteiger partial charge >= 0.3 is 6.18 Å². The fourth-order valence-electron chi connectivity index (χ4n) is 2.58. The molecule has 0 aliphatic heterocycles. The van der Waals surface area contributed by atoms with E-state index in [1.807, 2.05) is 0 Å². The maximum atomic E-state index is 14.2. The van der Waals surface area contributed by atoms with E-state index in [0.717, 1.165) is 0 Å². The molecule has 0 amide bonds. The molecule has 0 atom stereocenters. The molecule has 2 heterocycles. The van der Waals surface area contributed by atoms with Gasteiger partial charge in [0.25, 0.3) is 0 Å². The topological polar surface area (TPSA) is 99.1 Å². The molecule has 2 aromatic heterocycles. The standard InChI is InChI=1S/C16H10F5N3O3S/c1-7-3-2-4-11(23-7)13-12(15(27-24-13)16(19,20)21)8-5-9(17)14(10(18)6-8)28(22,25)26/h2-6H,1H3,(H2,22,25,26). The van der Waals surface area contributed by atoms with Crippen LogP contribution < -0.4 is 5.14 Å². The maximum absolute atomic E-state index is 14.2. The summed E-state index contributed by atoms with van der Waals surface area (Å²) in [6.07, 6.45) is -5.05. The number of nitrogens with two attached hydrogens (primary N) is 1. The average Bonchev–Trinajstić information content (AvgIpc) is 2.97. The summed E-state index contributed by atoms with van der Waals surface area (Å²) in [7, 11) is -4.78. The molecule has 0 aliphatic carbocycles. The molecule has 2 N–H and O–H groups in total. The minimum absolute atomic E-state index is 0.0365. The average molecular weight is 419 g/mol. The minimum Gasteiger partial charge on any atom is -0.350 e. The molecule has 0 fully saturated rings. The molecule has 0 unspecified atom stereocenters. The monoisotopic (exact) mass is 419 g/mol. The Morgan fingerprint density at radius 1 is 1.11 bits per heavy atom. The van der Waals surface area contributed by atoms with E-state index in [9.17, 15) is 30.4 Å². The fourth-order valence-corrected chi connectivity index (χ4v) is 3.24. The van der Waals surface area contributed by atoms with Gasteiger partial charge in [-0.2, -0.15) is 13.2 Å². The van der Waals surface area contributed by atoms with Crippen LogP contribution in [0.2, 0.25) is 0 Å². The number of halogens is 5. The molecule has 12 heteroatoms. The highest BCUT2D eigenvalue weighted by Crippen LogP contribution is 2.43. The van der Waals surface area contributed by atoms with Crippen LogP contribution in [-0.2, 0) is 16.2 Å². The third kappa shape index (κ3) is 3.60. The van der Waals surface area contributed by atoms with Crippen molar-refractivity contribution in [3.05, 3.63) is 53.4 Å². The van der Waals surface area contributed by atoms with Crippen molar-refractivity contribution in [2.45, 2.75) is 18.0 Å². The van der Waals surface area contributed by atoms with Crippen molar-refractivity contribution >= 4 is 10.0 Å². The second kappa shape index (κ2) is 6.63. The lowest BCUT2D eigenvalue weighted by Gasteiger charge is -2.10. The normalized spacial score (nSPS) is 12.4. The van der Waals surface area contributed by atoms with Crippen LogP contribution in [0.1, 0.15) is 11.5 Å². The van der Waals surface area contributed by atoms with Crippen LogP contribution in [-0.4, -0.2) is 18.6 Å². The zero-order valence-electron chi connectivity index (χ0n) is 13.9. The first-order valence-corrected chi connectivity index (χ1v) is 8.97. The van der Waals surface area contributed by atoms with Crippen molar-refractivity contribution in [3.8, 4) is 22.5 Å². The molecule has 3 rings (SSSR count). The van der Waals surface area contributed by atoms with Gasteiger partial charge in [0.1, 0.15) is 17.3 Å². The molecular weight excluding hydrogens is 409 g/mol. The third-order valence-corrected chi connectivity index (χ3v) is 4.61. The van der Waals surface area contributed by atoms with Gasteiger partial charge in [0.05, 0.1) is 11.3 Å². The molecule has 0 aliphatic rings. The lowest BCUT2D eigenvalue weighted by Crippen LogP contribution is -2.16. The number of aryl methyl sites for hydroxylation is 1. The van der Waals surface area contributed by atoms with E-state index in [4.69, 9.17) is 5.14 Å². The number of aromatic nitrogens is 2. The molecule has 0 bridgehead atoms. The predicted octanol–water partition coefficient (Wildman–Crippen LogP) is 3.66. The summed E-state index contributed by atoms with van der Waals surface area (Å²) in [5.74, 6) is -4.93. The lowest BCUT2D eigenvalue weighted by atomic mass is 10.0. The number of primary sulfonamides is 1. The Hall–Kier alpha value is -2.86. The molecule has 1 aromatic carbocycles. The van der Waals surface area contributed by atoms with E-state index in [0.29, 0.717) is 17.8 Å². The molecule has 3 aromatic rings. The molecule has 6 nitrogen and oxygen atoms in total. The first-order chi connectivity index (χ1) is 12.9. The van der Waals surface area contributed by atoms with Crippen LogP contribution in [0.15, 0.2) is 39.8 Å². The summed E-state index contributed by atoms with van der Waals surface area (Å²) < 4.78 is 95.4. The van der Waals surface area contributed by atoms with Crippen molar-refractivity contribution < 1.29 is 34.9 Å². The van der Waals surface area contributed by atoms with Crippen molar-refractivity contribution in [2.75, 3.05) is 0 Å². The van der Waals surface area contributed by atoms with Gasteiger partial charge in [0.2, 0.25) is 15.8 Å². The summed E-state index contributed by atoms with van der Waals surface area (Å²) in [6, 6.07) is 5.22. The van der Waals surface area contributed by atoms with Gasteiger partial charge in [0.15, 0.2) is 4.90 Å². The van der Waals surface area contributed by atoms with E-state index in [1.54, 1.807) is 13.0 Å². The largest absolute Gasteiger partial charge is 0.453 e. The van der Waals surface area contributed by atoms with E-state index in [1.165, 1.54) is 12.1 Å². The Bertz CT molecular complexity index is 1150. The Morgan fingerprint density at radius 2 is 1.71 bits per heavy atom. The second-order valence-electron chi connectivity index (χ2n) is 5.71. The van der Waals surface area contributed by atoms with E-state index < -0.39 is 55.3 Å². The number of pyridine rings is 1. The molecule has 148 valence electrons. The second-order valence-corrected chi connectivity index (χ2v) is 7.21. The van der Waals surface area contributed by atoms with E-state index >= 15 is 0 Å². The van der Waals surface area contributed by atoms with Crippen LogP contribution in [0.3, 0.4) is 0 Å². The van der Waals surface area contributed by atoms with Crippen LogP contribution in [0.5, 0.6) is 0 Å². The lowest BCUT2D eigenvalue weighted by molar-refractivity contribution is -0.154. The maximum Gasteiger partial charge on any atom is 0.453 e. The SMILES string of the molecule is Cc1cccc(-c2noc(C(F)(F)F)c2-c2cc(F)c(S(N)(=O)=O)c(F)c2)n1. The highest BCUT2D eigenvalue weighted by atomic mass is 32.2. The zero-order chi connectivity index (χ0) is 20.9. The number of rotatable bonds is 3. The quantitative estimate of drug-likeness (QED) is 0.654. The first-order valence-electron chi connectivity index (χ1n) is 7.42. The Kier molecular flexibility index (Phi) is 4.71. The van der Waals surface area contributed by atoms with E-state index in [-0.39, 0.29) is 5.69 Å². The van der Waals surface area contributed by atoms with Gasteiger partial charge in [-0.15, -0.1) is 0 Å². The summed E-state index contributed by atoms with van der Waals surface area (Å²) in [5.41, 5.74) is -1.44. The predicted molar refractivity (Wildman–Crippen MR) is 86.2 cm³/mol. The number of sulfonamides is 1. The summed E-state index contributed by atoms with van der Waals surface area (Å²) >= 11 is 0. The highest BCUT2D eigenvalue weighted by Gasteiger charge is 2.41.